The minimum absolute atomic E-state index is 0.445. The molecule has 1 aliphatic heterocycles. The summed E-state index contributed by atoms with van der Waals surface area (Å²) in [6.45, 7) is 1.83. The molecule has 1 heterocycles. The molecule has 0 aliphatic carbocycles. The predicted molar refractivity (Wildman–Crippen MR) is 67.3 cm³/mol. The summed E-state index contributed by atoms with van der Waals surface area (Å²) in [5, 5.41) is 3.08. The van der Waals surface area contributed by atoms with E-state index in [4.69, 9.17) is 0 Å². The molecule has 7 nitrogen and oxygen atoms in total. The lowest BCUT2D eigenvalue weighted by Gasteiger charge is -2.30. The molecule has 2 N–H and O–H groups in total. The van der Waals surface area contributed by atoms with Gasteiger partial charge in [-0.2, -0.15) is 12.7 Å². The van der Waals surface area contributed by atoms with Crippen molar-refractivity contribution in [3.63, 3.8) is 0 Å². The van der Waals surface area contributed by atoms with Crippen molar-refractivity contribution in [1.82, 2.24) is 14.3 Å². The molecule has 0 aromatic carbocycles. The molecule has 0 saturated carbocycles. The highest BCUT2D eigenvalue weighted by atomic mass is 32.2. The highest BCUT2D eigenvalue weighted by molar-refractivity contribution is 7.87. The summed E-state index contributed by atoms with van der Waals surface area (Å²) in [6.07, 6.45) is 1.75. The fourth-order valence-corrected chi connectivity index (χ4v) is 3.11. The second-order valence-electron chi connectivity index (χ2n) is 4.33. The summed E-state index contributed by atoms with van der Waals surface area (Å²) in [6, 6.07) is 0. The van der Waals surface area contributed by atoms with Gasteiger partial charge in [0.05, 0.1) is 7.11 Å². The Hall–Kier alpha value is -0.860. The van der Waals surface area contributed by atoms with Gasteiger partial charge in [-0.1, -0.05) is 0 Å². The van der Waals surface area contributed by atoms with Crippen molar-refractivity contribution in [3.8, 4) is 0 Å². The largest absolute Gasteiger partial charge is 0.452 e. The third kappa shape index (κ3) is 4.43. The molecule has 1 saturated heterocycles. The Balaban J connectivity index is 2.44. The maximum atomic E-state index is 11.8. The molecule has 106 valence electrons. The number of carbonyl (C=O) groups is 1. The molecular formula is C10H21N3O4S. The van der Waals surface area contributed by atoms with Gasteiger partial charge in [0.1, 0.15) is 0 Å². The highest BCUT2D eigenvalue weighted by Crippen LogP contribution is 2.21. The average molecular weight is 279 g/mol. The molecule has 0 atom stereocenters. The van der Waals surface area contributed by atoms with Crippen molar-refractivity contribution < 1.29 is 17.9 Å². The van der Waals surface area contributed by atoms with Crippen LogP contribution in [0.15, 0.2) is 0 Å². The second kappa shape index (κ2) is 6.91. The van der Waals surface area contributed by atoms with Crippen LogP contribution in [0.2, 0.25) is 0 Å². The Labute approximate surface area is 108 Å². The van der Waals surface area contributed by atoms with Crippen LogP contribution in [0.4, 0.5) is 4.79 Å². The molecule has 1 amide bonds. The fourth-order valence-electron chi connectivity index (χ4n) is 2.00. The zero-order chi connectivity index (χ0) is 13.6. The van der Waals surface area contributed by atoms with Crippen molar-refractivity contribution >= 4 is 16.3 Å². The first-order valence-corrected chi connectivity index (χ1v) is 7.44. The van der Waals surface area contributed by atoms with E-state index in [2.05, 4.69) is 10.1 Å². The molecule has 1 fully saturated rings. The third-order valence-corrected chi connectivity index (χ3v) is 4.58. The van der Waals surface area contributed by atoms with E-state index in [0.717, 1.165) is 32.9 Å². The Morgan fingerprint density at radius 1 is 1.39 bits per heavy atom. The van der Waals surface area contributed by atoms with Crippen molar-refractivity contribution in [1.29, 1.82) is 0 Å². The van der Waals surface area contributed by atoms with Gasteiger partial charge in [0.25, 0.3) is 0 Å². The Morgan fingerprint density at radius 2 is 2.00 bits per heavy atom. The van der Waals surface area contributed by atoms with Crippen LogP contribution in [-0.4, -0.2) is 52.6 Å². The van der Waals surface area contributed by atoms with Crippen LogP contribution in [-0.2, 0) is 14.9 Å². The highest BCUT2D eigenvalue weighted by Gasteiger charge is 2.29. The smallest absolute Gasteiger partial charge is 0.421 e. The standard InChI is InChI=1S/C10H21N3O4S/c1-11-6-3-9-4-7-13(8-5-9)18(15,16)12-10(14)17-2/h9,11H,3-8H2,1-2H3,(H,12,14). The lowest BCUT2D eigenvalue weighted by Crippen LogP contribution is -2.47. The summed E-state index contributed by atoms with van der Waals surface area (Å²) in [7, 11) is -0.709. The van der Waals surface area contributed by atoms with E-state index in [1.54, 1.807) is 0 Å². The van der Waals surface area contributed by atoms with Crippen LogP contribution >= 0.6 is 0 Å². The zero-order valence-electron chi connectivity index (χ0n) is 10.8. The molecule has 0 radical (unpaired) electrons. The number of methoxy groups -OCH3 is 1. The van der Waals surface area contributed by atoms with Crippen molar-refractivity contribution in [3.05, 3.63) is 0 Å². The number of nitrogens with one attached hydrogen (secondary N) is 2. The van der Waals surface area contributed by atoms with E-state index in [0.29, 0.717) is 19.0 Å². The third-order valence-electron chi connectivity index (χ3n) is 3.11. The van der Waals surface area contributed by atoms with Gasteiger partial charge in [-0.25, -0.2) is 9.52 Å². The predicted octanol–water partition coefficient (Wildman–Crippen LogP) is -0.0913. The normalized spacial score (nSPS) is 18.6. The molecular weight excluding hydrogens is 258 g/mol. The molecule has 1 rings (SSSR count). The second-order valence-corrected chi connectivity index (χ2v) is 6.00. The van der Waals surface area contributed by atoms with Crippen LogP contribution in [0.3, 0.4) is 0 Å². The number of hydrogen-bond acceptors (Lipinski definition) is 5. The lowest BCUT2D eigenvalue weighted by atomic mass is 9.95. The monoisotopic (exact) mass is 279 g/mol. The number of piperidine rings is 1. The lowest BCUT2D eigenvalue weighted by molar-refractivity contribution is 0.176. The topological polar surface area (TPSA) is 87.7 Å². The first kappa shape index (κ1) is 15.2. The number of carbonyl (C=O) groups excluding carboxylic acids is 1. The molecule has 0 unspecified atom stereocenters. The van der Waals surface area contributed by atoms with Gasteiger partial charge in [-0.05, 0) is 38.8 Å². The average Bonchev–Trinajstić information content (AvgIpc) is 2.36. The SMILES string of the molecule is CNCCC1CCN(S(=O)(=O)NC(=O)OC)CC1. The van der Waals surface area contributed by atoms with Gasteiger partial charge in [0.2, 0.25) is 0 Å². The van der Waals surface area contributed by atoms with Crippen LogP contribution in [0.1, 0.15) is 19.3 Å². The first-order chi connectivity index (χ1) is 8.49. The van der Waals surface area contributed by atoms with Crippen molar-refractivity contribution in [2.45, 2.75) is 19.3 Å². The zero-order valence-corrected chi connectivity index (χ0v) is 11.6. The van der Waals surface area contributed by atoms with Crippen molar-refractivity contribution in [2.75, 3.05) is 33.8 Å². The van der Waals surface area contributed by atoms with Crippen molar-refractivity contribution in [2.24, 2.45) is 5.92 Å². The summed E-state index contributed by atoms with van der Waals surface area (Å²) in [5.41, 5.74) is 0. The first-order valence-electron chi connectivity index (χ1n) is 6.00. The Bertz CT molecular complexity index is 363. The van der Waals surface area contributed by atoms with E-state index >= 15 is 0 Å². The molecule has 0 bridgehead atoms. The molecule has 0 aromatic rings. The van der Waals surface area contributed by atoms with E-state index in [-0.39, 0.29) is 0 Å². The van der Waals surface area contributed by atoms with E-state index < -0.39 is 16.3 Å². The maximum absolute atomic E-state index is 11.8. The van der Waals surface area contributed by atoms with E-state index in [1.165, 1.54) is 4.31 Å². The number of ether oxygens (including phenoxy) is 1. The van der Waals surface area contributed by atoms with Crippen LogP contribution in [0.5, 0.6) is 0 Å². The summed E-state index contributed by atoms with van der Waals surface area (Å²) in [5.74, 6) is 0.544. The summed E-state index contributed by atoms with van der Waals surface area (Å²) < 4.78 is 31.0. The van der Waals surface area contributed by atoms with Gasteiger partial charge in [0, 0.05) is 13.1 Å². The number of amides is 1. The van der Waals surface area contributed by atoms with Crippen LogP contribution in [0.25, 0.3) is 0 Å². The number of nitrogens with zero attached hydrogens (tertiary/aromatic N) is 1. The quantitative estimate of drug-likeness (QED) is 0.734. The van der Waals surface area contributed by atoms with Crippen LogP contribution in [0, 0.1) is 5.92 Å². The minimum Gasteiger partial charge on any atom is -0.452 e. The van der Waals surface area contributed by atoms with Crippen LogP contribution < -0.4 is 10.0 Å². The fraction of sp³-hybridized carbons (Fsp3) is 0.900. The Kier molecular flexibility index (Phi) is 5.83. The van der Waals surface area contributed by atoms with Gasteiger partial charge >= 0.3 is 16.3 Å². The number of rotatable bonds is 5. The van der Waals surface area contributed by atoms with Gasteiger partial charge in [0.15, 0.2) is 0 Å². The number of hydrogen-bond donors (Lipinski definition) is 2. The molecule has 8 heteroatoms. The molecule has 18 heavy (non-hydrogen) atoms. The Morgan fingerprint density at radius 3 is 2.50 bits per heavy atom. The molecule has 0 spiro atoms. The molecule has 0 aromatic heterocycles. The van der Waals surface area contributed by atoms with Gasteiger partial charge in [-0.3, -0.25) is 0 Å². The molecule has 1 aliphatic rings. The van der Waals surface area contributed by atoms with Gasteiger partial charge in [-0.15, -0.1) is 0 Å². The van der Waals surface area contributed by atoms with E-state index in [1.807, 2.05) is 11.8 Å². The maximum Gasteiger partial charge on any atom is 0.421 e. The van der Waals surface area contributed by atoms with Gasteiger partial charge < -0.3 is 10.1 Å². The van der Waals surface area contributed by atoms with E-state index in [9.17, 15) is 13.2 Å². The summed E-state index contributed by atoms with van der Waals surface area (Å²) >= 11 is 0. The minimum atomic E-state index is -3.75. The summed E-state index contributed by atoms with van der Waals surface area (Å²) in [4.78, 5) is 10.9.